The quantitative estimate of drug-likeness (QED) is 0.748. The number of benzene rings is 1. The average Bonchev–Trinajstić information content (AvgIpc) is 2.35. The highest BCUT2D eigenvalue weighted by molar-refractivity contribution is 7.98. The average molecular weight is 239 g/mol. The van der Waals surface area contributed by atoms with E-state index in [1.165, 1.54) is 10.5 Å². The van der Waals surface area contributed by atoms with Crippen LogP contribution < -0.4 is 5.32 Å². The Labute approximate surface area is 102 Å². The largest absolute Gasteiger partial charge is 0.396 e. The summed E-state index contributed by atoms with van der Waals surface area (Å²) in [5.74, 6) is 0.297. The molecule has 2 N–H and O–H groups in total. The topological polar surface area (TPSA) is 32.3 Å². The van der Waals surface area contributed by atoms with Crippen LogP contribution in [0.5, 0.6) is 0 Å². The van der Waals surface area contributed by atoms with E-state index in [2.05, 4.69) is 49.7 Å². The highest BCUT2D eigenvalue weighted by atomic mass is 32.2. The molecule has 1 aromatic carbocycles. The lowest BCUT2D eigenvalue weighted by molar-refractivity contribution is 0.207. The second kappa shape index (κ2) is 6.94. The minimum absolute atomic E-state index is 0.236. The van der Waals surface area contributed by atoms with E-state index in [1.54, 1.807) is 11.8 Å². The summed E-state index contributed by atoms with van der Waals surface area (Å²) in [7, 11) is 0. The van der Waals surface area contributed by atoms with Gasteiger partial charge in [0.2, 0.25) is 0 Å². The molecule has 0 aromatic heterocycles. The number of hydrogen-bond donors (Lipinski definition) is 2. The highest BCUT2D eigenvalue weighted by Gasteiger charge is 2.09. The molecule has 0 spiro atoms. The Morgan fingerprint density at radius 2 is 1.88 bits per heavy atom. The lowest BCUT2D eigenvalue weighted by Crippen LogP contribution is -2.33. The Kier molecular flexibility index (Phi) is 5.88. The number of nitrogens with one attached hydrogen (secondary N) is 1. The Morgan fingerprint density at radius 1 is 1.25 bits per heavy atom. The molecule has 0 fully saturated rings. The smallest absolute Gasteiger partial charge is 0.0471 e. The van der Waals surface area contributed by atoms with Gasteiger partial charge in [0.15, 0.2) is 0 Å². The fourth-order valence-corrected chi connectivity index (χ4v) is 1.79. The molecule has 1 aromatic rings. The fourth-order valence-electron chi connectivity index (χ4n) is 1.38. The summed E-state index contributed by atoms with van der Waals surface area (Å²) in [5.41, 5.74) is 1.29. The van der Waals surface area contributed by atoms with Gasteiger partial charge in [0, 0.05) is 24.1 Å². The Balaban J connectivity index is 2.42. The van der Waals surface area contributed by atoms with Crippen LogP contribution in [0, 0.1) is 5.92 Å². The monoisotopic (exact) mass is 239 g/mol. The summed E-state index contributed by atoms with van der Waals surface area (Å²) in [6.45, 7) is 5.26. The van der Waals surface area contributed by atoms with Crippen molar-refractivity contribution in [2.75, 3.05) is 12.9 Å². The van der Waals surface area contributed by atoms with Crippen LogP contribution >= 0.6 is 11.8 Å². The molecule has 0 aliphatic rings. The fraction of sp³-hybridized carbons (Fsp3) is 0.538. The summed E-state index contributed by atoms with van der Waals surface area (Å²) in [4.78, 5) is 1.29. The van der Waals surface area contributed by atoms with Crippen molar-refractivity contribution in [3.05, 3.63) is 29.8 Å². The molecule has 0 saturated carbocycles. The maximum absolute atomic E-state index is 9.03. The minimum atomic E-state index is 0.236. The van der Waals surface area contributed by atoms with E-state index in [4.69, 9.17) is 5.11 Å². The zero-order valence-electron chi connectivity index (χ0n) is 10.2. The van der Waals surface area contributed by atoms with Gasteiger partial charge >= 0.3 is 0 Å². The Morgan fingerprint density at radius 3 is 2.38 bits per heavy atom. The first kappa shape index (κ1) is 13.6. The van der Waals surface area contributed by atoms with Gasteiger partial charge in [-0.3, -0.25) is 0 Å². The summed E-state index contributed by atoms with van der Waals surface area (Å²) < 4.78 is 0. The molecule has 0 aliphatic heterocycles. The van der Waals surface area contributed by atoms with Crippen LogP contribution in [0.4, 0.5) is 0 Å². The molecule has 0 bridgehead atoms. The Hall–Kier alpha value is -0.510. The zero-order valence-corrected chi connectivity index (χ0v) is 11.1. The molecule has 16 heavy (non-hydrogen) atoms. The van der Waals surface area contributed by atoms with Gasteiger partial charge in [-0.15, -0.1) is 11.8 Å². The van der Waals surface area contributed by atoms with Crippen LogP contribution in [0.3, 0.4) is 0 Å². The third kappa shape index (κ3) is 4.16. The summed E-state index contributed by atoms with van der Waals surface area (Å²) in [6, 6.07) is 8.92. The molecule has 0 amide bonds. The third-order valence-corrected chi connectivity index (χ3v) is 3.67. The number of rotatable bonds is 6. The molecule has 90 valence electrons. The zero-order chi connectivity index (χ0) is 12.0. The van der Waals surface area contributed by atoms with Crippen LogP contribution in [0.25, 0.3) is 0 Å². The number of aliphatic hydroxyl groups is 1. The molecular formula is C13H21NOS. The number of aliphatic hydroxyl groups excluding tert-OH is 1. The second-order valence-corrected chi connectivity index (χ2v) is 5.06. The van der Waals surface area contributed by atoms with Crippen LogP contribution in [0.15, 0.2) is 29.2 Å². The lowest BCUT2D eigenvalue weighted by atomic mass is 10.0. The Bertz CT molecular complexity index is 299. The van der Waals surface area contributed by atoms with Crippen molar-refractivity contribution >= 4 is 11.8 Å². The molecule has 1 rings (SSSR count). The highest BCUT2D eigenvalue weighted by Crippen LogP contribution is 2.15. The van der Waals surface area contributed by atoms with E-state index in [0.29, 0.717) is 12.0 Å². The summed E-state index contributed by atoms with van der Waals surface area (Å²) in [5, 5.41) is 12.4. The van der Waals surface area contributed by atoms with E-state index in [0.717, 1.165) is 6.54 Å². The first-order valence-electron chi connectivity index (χ1n) is 5.64. The predicted octanol–water partition coefficient (Wildman–Crippen LogP) is 2.52. The van der Waals surface area contributed by atoms with E-state index < -0.39 is 0 Å². The van der Waals surface area contributed by atoms with Crippen molar-refractivity contribution in [2.24, 2.45) is 5.92 Å². The second-order valence-electron chi connectivity index (χ2n) is 4.18. The first-order valence-corrected chi connectivity index (χ1v) is 6.87. The van der Waals surface area contributed by atoms with E-state index in [9.17, 15) is 0 Å². The predicted molar refractivity (Wildman–Crippen MR) is 70.8 cm³/mol. The van der Waals surface area contributed by atoms with Gasteiger partial charge in [-0.2, -0.15) is 0 Å². The van der Waals surface area contributed by atoms with Crippen molar-refractivity contribution < 1.29 is 5.11 Å². The van der Waals surface area contributed by atoms with Gasteiger partial charge in [0.05, 0.1) is 0 Å². The van der Waals surface area contributed by atoms with Gasteiger partial charge in [-0.05, 0) is 36.8 Å². The number of hydrogen-bond acceptors (Lipinski definition) is 3. The molecular weight excluding hydrogens is 218 g/mol. The van der Waals surface area contributed by atoms with Crippen LogP contribution in [0.2, 0.25) is 0 Å². The van der Waals surface area contributed by atoms with Crippen molar-refractivity contribution in [3.63, 3.8) is 0 Å². The van der Waals surface area contributed by atoms with Crippen molar-refractivity contribution in [1.82, 2.24) is 5.32 Å². The molecule has 2 atom stereocenters. The van der Waals surface area contributed by atoms with Crippen LogP contribution in [-0.4, -0.2) is 24.0 Å². The normalized spacial score (nSPS) is 14.8. The third-order valence-electron chi connectivity index (χ3n) is 2.93. The number of thioether (sulfide) groups is 1. The van der Waals surface area contributed by atoms with E-state index in [-0.39, 0.29) is 6.61 Å². The van der Waals surface area contributed by atoms with Crippen LogP contribution in [-0.2, 0) is 6.54 Å². The molecule has 2 unspecified atom stereocenters. The maximum Gasteiger partial charge on any atom is 0.0471 e. The van der Waals surface area contributed by atoms with E-state index in [1.807, 2.05) is 0 Å². The molecule has 2 nitrogen and oxygen atoms in total. The molecule has 3 heteroatoms. The summed E-state index contributed by atoms with van der Waals surface area (Å²) in [6.07, 6.45) is 2.08. The first-order chi connectivity index (χ1) is 7.67. The van der Waals surface area contributed by atoms with Gasteiger partial charge < -0.3 is 10.4 Å². The van der Waals surface area contributed by atoms with Gasteiger partial charge in [-0.25, -0.2) is 0 Å². The van der Waals surface area contributed by atoms with E-state index >= 15 is 0 Å². The molecule has 0 heterocycles. The maximum atomic E-state index is 9.03. The molecule has 0 aliphatic carbocycles. The lowest BCUT2D eigenvalue weighted by Gasteiger charge is -2.19. The SMILES string of the molecule is CSc1ccc(CNC(C)C(C)CO)cc1. The molecule has 0 saturated heterocycles. The molecule has 0 radical (unpaired) electrons. The van der Waals surface area contributed by atoms with Gasteiger partial charge in [-0.1, -0.05) is 19.1 Å². The summed E-state index contributed by atoms with van der Waals surface area (Å²) >= 11 is 1.76. The van der Waals surface area contributed by atoms with Crippen molar-refractivity contribution in [3.8, 4) is 0 Å². The van der Waals surface area contributed by atoms with Gasteiger partial charge in [0.25, 0.3) is 0 Å². The standard InChI is InChI=1S/C13H21NOS/c1-10(9-15)11(2)14-8-12-4-6-13(16-3)7-5-12/h4-7,10-11,14-15H,8-9H2,1-3H3. The minimum Gasteiger partial charge on any atom is -0.396 e. The van der Waals surface area contributed by atoms with Crippen molar-refractivity contribution in [1.29, 1.82) is 0 Å². The van der Waals surface area contributed by atoms with Crippen molar-refractivity contribution in [2.45, 2.75) is 31.3 Å². The van der Waals surface area contributed by atoms with Gasteiger partial charge in [0.1, 0.15) is 0 Å². The van der Waals surface area contributed by atoms with Crippen LogP contribution in [0.1, 0.15) is 19.4 Å².